The summed E-state index contributed by atoms with van der Waals surface area (Å²) >= 11 is 0. The van der Waals surface area contributed by atoms with Crippen molar-refractivity contribution in [2.24, 2.45) is 0 Å². The Labute approximate surface area is 114 Å². The van der Waals surface area contributed by atoms with E-state index in [1.807, 2.05) is 0 Å². The van der Waals surface area contributed by atoms with E-state index in [-0.39, 0.29) is 5.56 Å². The number of nitro benzene ring substituents is 1. The van der Waals surface area contributed by atoms with E-state index < -0.39 is 44.1 Å². The Morgan fingerprint density at radius 2 is 2.10 bits per heavy atom. The van der Waals surface area contributed by atoms with E-state index in [9.17, 15) is 23.3 Å². The van der Waals surface area contributed by atoms with Crippen molar-refractivity contribution in [2.45, 2.75) is 17.9 Å². The minimum Gasteiger partial charge on any atom is -0.480 e. The van der Waals surface area contributed by atoms with E-state index in [2.05, 4.69) is 0 Å². The third kappa shape index (κ3) is 3.29. The summed E-state index contributed by atoms with van der Waals surface area (Å²) in [5.41, 5.74) is -0.576. The zero-order chi connectivity index (χ0) is 15.5. The lowest BCUT2D eigenvalue weighted by atomic mass is 10.2. The molecule has 10 heteroatoms. The minimum atomic E-state index is -4.46. The molecular formula is C10H12N2O7S. The van der Waals surface area contributed by atoms with Gasteiger partial charge in [-0.25, -0.2) is 8.42 Å². The summed E-state index contributed by atoms with van der Waals surface area (Å²) in [4.78, 5) is 20.1. The van der Waals surface area contributed by atoms with E-state index >= 15 is 0 Å². The van der Waals surface area contributed by atoms with Gasteiger partial charge in [-0.15, -0.1) is 0 Å². The molecule has 0 radical (unpaired) electrons. The van der Waals surface area contributed by atoms with Crippen LogP contribution >= 0.6 is 0 Å². The number of hydrogen-bond acceptors (Lipinski definition) is 6. The van der Waals surface area contributed by atoms with Gasteiger partial charge in [0.25, 0.3) is 5.69 Å². The van der Waals surface area contributed by atoms with Crippen LogP contribution in [-0.4, -0.2) is 42.2 Å². The topological polar surface area (TPSA) is 147 Å². The Bertz CT molecular complexity index is 641. The lowest BCUT2D eigenvalue weighted by Crippen LogP contribution is -2.43. The first-order valence-electron chi connectivity index (χ1n) is 5.30. The third-order valence-electron chi connectivity index (χ3n) is 2.43. The van der Waals surface area contributed by atoms with E-state index in [0.717, 1.165) is 6.07 Å². The Balaban J connectivity index is 3.36. The second kappa shape index (κ2) is 5.94. The molecule has 0 spiro atoms. The molecule has 1 aromatic carbocycles. The fraction of sp³-hybridized carbons (Fsp3) is 0.300. The highest BCUT2D eigenvalue weighted by molar-refractivity contribution is 7.89. The summed E-state index contributed by atoms with van der Waals surface area (Å²) in [6.45, 7) is 0.366. The number of carboxylic acids is 1. The number of aryl methyl sites for hydroxylation is 1. The Morgan fingerprint density at radius 3 is 2.55 bits per heavy atom. The molecule has 1 atom stereocenters. The molecule has 0 aliphatic rings. The predicted molar refractivity (Wildman–Crippen MR) is 66.7 cm³/mol. The zero-order valence-electron chi connectivity index (χ0n) is 10.3. The van der Waals surface area contributed by atoms with Crippen LogP contribution in [0.2, 0.25) is 0 Å². The molecule has 0 heterocycles. The first-order valence-corrected chi connectivity index (χ1v) is 6.79. The first kappa shape index (κ1) is 16.0. The average Bonchev–Trinajstić information content (AvgIpc) is 2.34. The van der Waals surface area contributed by atoms with Gasteiger partial charge in [-0.05, 0) is 12.5 Å². The Hall–Kier alpha value is -2.04. The summed E-state index contributed by atoms with van der Waals surface area (Å²) in [5, 5.41) is 28.4. The minimum absolute atomic E-state index is 0.0915. The van der Waals surface area contributed by atoms with Crippen LogP contribution in [0.25, 0.3) is 0 Å². The fourth-order valence-electron chi connectivity index (χ4n) is 1.54. The number of sulfonamides is 1. The van der Waals surface area contributed by atoms with Gasteiger partial charge in [-0.3, -0.25) is 14.9 Å². The van der Waals surface area contributed by atoms with Gasteiger partial charge in [0.1, 0.15) is 6.04 Å². The van der Waals surface area contributed by atoms with Crippen LogP contribution in [-0.2, 0) is 14.8 Å². The van der Waals surface area contributed by atoms with Crippen LogP contribution in [0.4, 0.5) is 5.69 Å². The molecule has 0 bridgehead atoms. The molecule has 9 nitrogen and oxygen atoms in total. The number of carbonyl (C=O) groups is 1. The molecule has 20 heavy (non-hydrogen) atoms. The Kier molecular flexibility index (Phi) is 4.76. The lowest BCUT2D eigenvalue weighted by Gasteiger charge is -2.13. The summed E-state index contributed by atoms with van der Waals surface area (Å²) in [6.07, 6.45) is 0. The molecule has 0 saturated carbocycles. The Morgan fingerprint density at radius 1 is 1.50 bits per heavy atom. The second-order valence-electron chi connectivity index (χ2n) is 3.87. The van der Waals surface area contributed by atoms with Crippen molar-refractivity contribution < 1.29 is 28.3 Å². The molecular weight excluding hydrogens is 292 g/mol. The first-order chi connectivity index (χ1) is 9.20. The number of nitrogens with one attached hydrogen (secondary N) is 1. The fourth-order valence-corrected chi connectivity index (χ4v) is 3.12. The third-order valence-corrected chi connectivity index (χ3v) is 4.10. The number of carboxylic acid groups (broad SMARTS) is 1. The quantitative estimate of drug-likeness (QED) is 0.479. The van der Waals surface area contributed by atoms with Crippen molar-refractivity contribution in [1.82, 2.24) is 4.72 Å². The number of nitro groups is 1. The molecule has 3 N–H and O–H groups in total. The standard InChI is InChI=1S/C10H12N2O7S/c1-6-3-2-4-8(12(16)17)9(6)20(18,19)11-7(5-13)10(14)15/h2-4,7,11,13H,5H2,1H3,(H,14,15)/t7-/m1/s1. The van der Waals surface area contributed by atoms with Gasteiger partial charge in [0.15, 0.2) is 4.90 Å². The van der Waals surface area contributed by atoms with Crippen LogP contribution in [0, 0.1) is 17.0 Å². The van der Waals surface area contributed by atoms with Crippen molar-refractivity contribution in [3.8, 4) is 0 Å². The van der Waals surface area contributed by atoms with Gasteiger partial charge in [0, 0.05) is 6.07 Å². The lowest BCUT2D eigenvalue weighted by molar-refractivity contribution is -0.387. The summed E-state index contributed by atoms with van der Waals surface area (Å²) < 4.78 is 25.8. The number of hydrogen-bond donors (Lipinski definition) is 3. The second-order valence-corrected chi connectivity index (χ2v) is 5.53. The molecule has 0 amide bonds. The predicted octanol–water partition coefficient (Wildman–Crippen LogP) is -0.373. The molecule has 0 aliphatic heterocycles. The van der Waals surface area contributed by atoms with Crippen molar-refractivity contribution in [1.29, 1.82) is 0 Å². The van der Waals surface area contributed by atoms with Crippen molar-refractivity contribution >= 4 is 21.7 Å². The van der Waals surface area contributed by atoms with Crippen molar-refractivity contribution in [3.63, 3.8) is 0 Å². The molecule has 0 aromatic heterocycles. The summed E-state index contributed by atoms with van der Waals surface area (Å²) in [5.74, 6) is -1.59. The smallest absolute Gasteiger partial charge is 0.324 e. The average molecular weight is 304 g/mol. The van der Waals surface area contributed by atoms with Gasteiger partial charge in [-0.2, -0.15) is 4.72 Å². The van der Waals surface area contributed by atoms with Gasteiger partial charge < -0.3 is 10.2 Å². The number of aliphatic carboxylic acids is 1. The molecule has 1 rings (SSSR count). The monoisotopic (exact) mass is 304 g/mol. The van der Waals surface area contributed by atoms with Gasteiger partial charge >= 0.3 is 5.97 Å². The van der Waals surface area contributed by atoms with Crippen LogP contribution in [0.5, 0.6) is 0 Å². The van der Waals surface area contributed by atoms with Crippen molar-refractivity contribution in [2.75, 3.05) is 6.61 Å². The molecule has 1 aromatic rings. The van der Waals surface area contributed by atoms with Crippen LogP contribution < -0.4 is 4.72 Å². The van der Waals surface area contributed by atoms with Crippen molar-refractivity contribution in [3.05, 3.63) is 33.9 Å². The number of benzene rings is 1. The highest BCUT2D eigenvalue weighted by Crippen LogP contribution is 2.26. The molecule has 110 valence electrons. The summed E-state index contributed by atoms with van der Waals surface area (Å²) in [7, 11) is -4.46. The van der Waals surface area contributed by atoms with Gasteiger partial charge in [-0.1, -0.05) is 12.1 Å². The van der Waals surface area contributed by atoms with Gasteiger partial charge in [0.05, 0.1) is 11.5 Å². The molecule has 0 unspecified atom stereocenters. The van der Waals surface area contributed by atoms with E-state index in [1.54, 1.807) is 4.72 Å². The maximum atomic E-state index is 12.1. The number of aliphatic hydroxyl groups excluding tert-OH is 1. The van der Waals surface area contributed by atoms with E-state index in [4.69, 9.17) is 10.2 Å². The number of aliphatic hydroxyl groups is 1. The highest BCUT2D eigenvalue weighted by Gasteiger charge is 2.31. The van der Waals surface area contributed by atoms with Crippen LogP contribution in [0.1, 0.15) is 5.56 Å². The zero-order valence-corrected chi connectivity index (χ0v) is 11.1. The van der Waals surface area contributed by atoms with Crippen LogP contribution in [0.15, 0.2) is 23.1 Å². The van der Waals surface area contributed by atoms with E-state index in [1.165, 1.54) is 19.1 Å². The number of nitrogens with zero attached hydrogens (tertiary/aromatic N) is 1. The van der Waals surface area contributed by atoms with Crippen LogP contribution in [0.3, 0.4) is 0 Å². The SMILES string of the molecule is Cc1cccc([N+](=O)[O-])c1S(=O)(=O)N[C@H](CO)C(=O)O. The maximum absolute atomic E-state index is 12.1. The van der Waals surface area contributed by atoms with Gasteiger partial charge in [0.2, 0.25) is 10.0 Å². The number of rotatable bonds is 6. The molecule has 0 aliphatic carbocycles. The highest BCUT2D eigenvalue weighted by atomic mass is 32.2. The maximum Gasteiger partial charge on any atom is 0.324 e. The normalized spacial score (nSPS) is 12.9. The largest absolute Gasteiger partial charge is 0.480 e. The molecule has 0 fully saturated rings. The molecule has 0 saturated heterocycles. The summed E-state index contributed by atoms with van der Waals surface area (Å²) in [6, 6.07) is 1.87. The van der Waals surface area contributed by atoms with E-state index in [0.29, 0.717) is 0 Å².